The highest BCUT2D eigenvalue weighted by Gasteiger charge is 2.41. The predicted octanol–water partition coefficient (Wildman–Crippen LogP) is 5.60. The molecule has 1 saturated heterocycles. The molecule has 0 aliphatic carbocycles. The van der Waals surface area contributed by atoms with Crippen LogP contribution in [0.2, 0.25) is 0 Å². The molecule has 3 aromatic heterocycles. The second kappa shape index (κ2) is 12.8. The SMILES string of the molecule is CC(C)Oc1cc2c(-c3cc(N4CCN(S(C)(=O)=O)CC4)ncn3)nn(C(c3ccccc3)(c3ccccc3)c3ccccc3)c2cn1. The molecule has 6 aromatic rings. The first-order valence-corrected chi connectivity index (χ1v) is 17.8. The van der Waals surface area contributed by atoms with E-state index < -0.39 is 15.6 Å². The summed E-state index contributed by atoms with van der Waals surface area (Å²) < 4.78 is 33.9. The molecule has 3 aromatic carbocycles. The average Bonchev–Trinajstić information content (AvgIpc) is 3.48. The van der Waals surface area contributed by atoms with Gasteiger partial charge in [0.15, 0.2) is 0 Å². The van der Waals surface area contributed by atoms with E-state index in [2.05, 4.69) is 87.4 Å². The maximum Gasteiger partial charge on any atom is 0.214 e. The van der Waals surface area contributed by atoms with Crippen LogP contribution in [0.1, 0.15) is 30.5 Å². The molecule has 1 aliphatic rings. The standard InChI is InChI=1S/C37H37N7O3S/c1-27(2)47-35-23-31-33(25-38-35)44(41-36(31)32-24-34(40-26-39-32)42-19-21-43(22-20-42)48(3,45)46)37(28-13-7-4-8-14-28,29-15-9-5-10-16-29)30-17-11-6-12-18-30/h4-18,23-27H,19-22H2,1-3H3. The van der Waals surface area contributed by atoms with Crippen molar-refractivity contribution in [2.24, 2.45) is 0 Å². The summed E-state index contributed by atoms with van der Waals surface area (Å²) in [6, 6.07) is 35.0. The number of hydrogen-bond donors (Lipinski definition) is 0. The zero-order valence-electron chi connectivity index (χ0n) is 27.1. The lowest BCUT2D eigenvalue weighted by Crippen LogP contribution is -2.48. The van der Waals surface area contributed by atoms with Gasteiger partial charge in [0.1, 0.15) is 23.4 Å². The highest BCUT2D eigenvalue weighted by molar-refractivity contribution is 7.88. The van der Waals surface area contributed by atoms with Crippen LogP contribution in [0, 0.1) is 0 Å². The molecule has 0 unspecified atom stereocenters. The molecule has 0 atom stereocenters. The maximum absolute atomic E-state index is 12.1. The number of aromatic nitrogens is 5. The number of anilines is 1. The van der Waals surface area contributed by atoms with E-state index in [0.717, 1.165) is 27.6 Å². The maximum atomic E-state index is 12.1. The van der Waals surface area contributed by atoms with Crippen molar-refractivity contribution in [1.29, 1.82) is 0 Å². The van der Waals surface area contributed by atoms with E-state index in [9.17, 15) is 8.42 Å². The third-order valence-electron chi connectivity index (χ3n) is 8.72. The third-order valence-corrected chi connectivity index (χ3v) is 10.0. The Labute approximate surface area is 280 Å². The molecule has 4 heterocycles. The molecule has 10 nitrogen and oxygen atoms in total. The Morgan fingerprint density at radius 1 is 0.750 bits per heavy atom. The minimum absolute atomic E-state index is 0.0678. The molecular formula is C37H37N7O3S. The molecule has 11 heteroatoms. The Balaban J connectivity index is 1.47. The molecule has 48 heavy (non-hydrogen) atoms. The second-order valence-corrected chi connectivity index (χ2v) is 14.2. The summed E-state index contributed by atoms with van der Waals surface area (Å²) in [7, 11) is -3.26. The van der Waals surface area contributed by atoms with Gasteiger partial charge in [0.2, 0.25) is 15.9 Å². The van der Waals surface area contributed by atoms with Gasteiger partial charge in [-0.15, -0.1) is 0 Å². The Hall–Kier alpha value is -5.13. The van der Waals surface area contributed by atoms with E-state index in [1.807, 2.05) is 50.4 Å². The summed E-state index contributed by atoms with van der Waals surface area (Å²) in [6.45, 7) is 5.78. The smallest absolute Gasteiger partial charge is 0.214 e. The number of fused-ring (bicyclic) bond motifs is 1. The Morgan fingerprint density at radius 2 is 1.31 bits per heavy atom. The van der Waals surface area contributed by atoms with E-state index in [4.69, 9.17) is 19.8 Å². The van der Waals surface area contributed by atoms with Gasteiger partial charge in [0, 0.05) is 43.7 Å². The number of sulfonamides is 1. The van der Waals surface area contributed by atoms with Crippen LogP contribution in [0.4, 0.5) is 5.82 Å². The first-order valence-electron chi connectivity index (χ1n) is 16.0. The van der Waals surface area contributed by atoms with E-state index >= 15 is 0 Å². The molecular weight excluding hydrogens is 623 g/mol. The Kier molecular flexibility index (Phi) is 8.40. The van der Waals surface area contributed by atoms with E-state index in [0.29, 0.717) is 49.3 Å². The number of nitrogens with zero attached hydrogens (tertiary/aromatic N) is 7. The minimum Gasteiger partial charge on any atom is -0.475 e. The zero-order chi connectivity index (χ0) is 33.3. The molecule has 1 fully saturated rings. The van der Waals surface area contributed by atoms with Gasteiger partial charge in [-0.25, -0.2) is 28.1 Å². The summed E-state index contributed by atoms with van der Waals surface area (Å²) >= 11 is 0. The lowest BCUT2D eigenvalue weighted by Gasteiger charge is -2.37. The molecule has 0 spiro atoms. The summed E-state index contributed by atoms with van der Waals surface area (Å²) in [5, 5.41) is 6.27. The van der Waals surface area contributed by atoms with Crippen molar-refractivity contribution >= 4 is 26.7 Å². The molecule has 0 N–H and O–H groups in total. The first-order chi connectivity index (χ1) is 23.2. The fraction of sp³-hybridized carbons (Fsp3) is 0.243. The van der Waals surface area contributed by atoms with Gasteiger partial charge in [-0.3, -0.25) is 0 Å². The van der Waals surface area contributed by atoms with Crippen LogP contribution in [-0.4, -0.2) is 76.0 Å². The van der Waals surface area contributed by atoms with Crippen molar-refractivity contribution in [2.75, 3.05) is 37.3 Å². The molecule has 0 bridgehead atoms. The van der Waals surface area contributed by atoms with Crippen molar-refractivity contribution in [2.45, 2.75) is 25.5 Å². The quantitative estimate of drug-likeness (QED) is 0.185. The Bertz CT molecular complexity index is 2040. The monoisotopic (exact) mass is 659 g/mol. The second-order valence-electron chi connectivity index (χ2n) is 12.2. The number of piperazine rings is 1. The van der Waals surface area contributed by atoms with Gasteiger partial charge in [-0.2, -0.15) is 9.40 Å². The van der Waals surface area contributed by atoms with Crippen molar-refractivity contribution in [1.82, 2.24) is 29.0 Å². The van der Waals surface area contributed by atoms with Gasteiger partial charge >= 0.3 is 0 Å². The average molecular weight is 660 g/mol. The fourth-order valence-electron chi connectivity index (χ4n) is 6.55. The van der Waals surface area contributed by atoms with Crippen LogP contribution >= 0.6 is 0 Å². The molecule has 244 valence electrons. The lowest BCUT2D eigenvalue weighted by molar-refractivity contribution is 0.233. The molecule has 0 radical (unpaired) electrons. The number of benzene rings is 3. The molecule has 1 aliphatic heterocycles. The topological polar surface area (TPSA) is 106 Å². The fourth-order valence-corrected chi connectivity index (χ4v) is 7.38. The van der Waals surface area contributed by atoms with E-state index in [1.54, 1.807) is 6.33 Å². The molecule has 0 saturated carbocycles. The highest BCUT2D eigenvalue weighted by atomic mass is 32.2. The van der Waals surface area contributed by atoms with Crippen LogP contribution in [0.5, 0.6) is 5.88 Å². The third kappa shape index (κ3) is 5.80. The predicted molar refractivity (Wildman–Crippen MR) is 188 cm³/mol. The van der Waals surface area contributed by atoms with Crippen LogP contribution in [0.25, 0.3) is 22.3 Å². The van der Waals surface area contributed by atoms with Gasteiger partial charge in [0.25, 0.3) is 0 Å². The number of rotatable bonds is 9. The van der Waals surface area contributed by atoms with E-state index in [-0.39, 0.29) is 6.10 Å². The van der Waals surface area contributed by atoms with Crippen molar-refractivity contribution in [3.05, 3.63) is 132 Å². The van der Waals surface area contributed by atoms with Crippen LogP contribution in [-0.2, 0) is 15.6 Å². The van der Waals surface area contributed by atoms with Gasteiger partial charge in [-0.05, 0) is 30.5 Å². The molecule has 7 rings (SSSR count). The summed E-state index contributed by atoms with van der Waals surface area (Å²) in [6.07, 6.45) is 4.56. The number of ether oxygens (including phenoxy) is 1. The largest absolute Gasteiger partial charge is 0.475 e. The summed E-state index contributed by atoms with van der Waals surface area (Å²) in [5.41, 5.74) is 4.33. The number of pyridine rings is 1. The van der Waals surface area contributed by atoms with Gasteiger partial charge < -0.3 is 9.64 Å². The van der Waals surface area contributed by atoms with Crippen molar-refractivity contribution < 1.29 is 13.2 Å². The van der Waals surface area contributed by atoms with Gasteiger partial charge in [-0.1, -0.05) is 91.0 Å². The summed E-state index contributed by atoms with van der Waals surface area (Å²) in [5.74, 6) is 1.21. The highest BCUT2D eigenvalue weighted by Crippen LogP contribution is 2.44. The molecule has 0 amide bonds. The Morgan fingerprint density at radius 3 is 1.83 bits per heavy atom. The van der Waals surface area contributed by atoms with Crippen LogP contribution < -0.4 is 9.64 Å². The minimum atomic E-state index is -3.26. The van der Waals surface area contributed by atoms with Crippen molar-refractivity contribution in [3.63, 3.8) is 0 Å². The van der Waals surface area contributed by atoms with Crippen LogP contribution in [0.15, 0.2) is 116 Å². The normalized spacial score (nSPS) is 14.5. The zero-order valence-corrected chi connectivity index (χ0v) is 28.0. The summed E-state index contributed by atoms with van der Waals surface area (Å²) in [4.78, 5) is 16.2. The number of hydrogen-bond acceptors (Lipinski definition) is 8. The van der Waals surface area contributed by atoms with E-state index in [1.165, 1.54) is 10.6 Å². The van der Waals surface area contributed by atoms with Gasteiger partial charge in [0.05, 0.1) is 29.8 Å². The first kappa shape index (κ1) is 31.5. The lowest BCUT2D eigenvalue weighted by atomic mass is 9.77. The van der Waals surface area contributed by atoms with Crippen molar-refractivity contribution in [3.8, 4) is 17.3 Å². The van der Waals surface area contributed by atoms with Crippen LogP contribution in [0.3, 0.4) is 0 Å².